The van der Waals surface area contributed by atoms with Gasteiger partial charge in [0.2, 0.25) is 0 Å². The molecular weight excluding hydrogens is 222 g/mol. The molecule has 1 amide bonds. The van der Waals surface area contributed by atoms with Crippen molar-refractivity contribution in [3.63, 3.8) is 0 Å². The summed E-state index contributed by atoms with van der Waals surface area (Å²) < 4.78 is 9.52. The van der Waals surface area contributed by atoms with Crippen LogP contribution in [0.2, 0.25) is 0 Å². The molecule has 0 saturated carbocycles. The third kappa shape index (κ3) is 8.14. The molecule has 0 saturated heterocycles. The van der Waals surface area contributed by atoms with Crippen LogP contribution in [0.25, 0.3) is 0 Å². The molecule has 0 unspecified atom stereocenters. The first-order valence-electron chi connectivity index (χ1n) is 5.31. The topological polar surface area (TPSA) is 64.6 Å². The van der Waals surface area contributed by atoms with Gasteiger partial charge in [-0.15, -0.1) is 6.42 Å². The van der Waals surface area contributed by atoms with E-state index in [1.807, 2.05) is 0 Å². The van der Waals surface area contributed by atoms with Crippen LogP contribution >= 0.6 is 0 Å². The molecule has 5 heteroatoms. The molecule has 5 nitrogen and oxygen atoms in total. The van der Waals surface area contributed by atoms with E-state index >= 15 is 0 Å². The number of carbonyl (C=O) groups is 2. The molecule has 0 spiro atoms. The first kappa shape index (κ1) is 15.3. The summed E-state index contributed by atoms with van der Waals surface area (Å²) in [5.41, 5.74) is -0.578. The Kier molecular flexibility index (Phi) is 6.11. The maximum atomic E-state index is 11.4. The largest absolute Gasteiger partial charge is 0.469 e. The quantitative estimate of drug-likeness (QED) is 0.598. The third-order valence-corrected chi connectivity index (χ3v) is 1.76. The molecule has 0 aromatic heterocycles. The maximum Gasteiger partial charge on any atom is 0.408 e. The Bertz CT molecular complexity index is 311. The molecule has 0 heterocycles. The highest BCUT2D eigenvalue weighted by molar-refractivity contribution is 5.70. The molecule has 1 N–H and O–H groups in total. The lowest BCUT2D eigenvalue weighted by Gasteiger charge is -2.21. The van der Waals surface area contributed by atoms with E-state index in [0.717, 1.165) is 0 Å². The summed E-state index contributed by atoms with van der Waals surface area (Å²) in [5, 5.41) is 2.50. The third-order valence-electron chi connectivity index (χ3n) is 1.76. The molecule has 0 radical (unpaired) electrons. The number of ether oxygens (including phenoxy) is 2. The highest BCUT2D eigenvalue weighted by atomic mass is 16.6. The molecule has 0 aliphatic rings. The highest BCUT2D eigenvalue weighted by Gasteiger charge is 2.18. The Hall–Kier alpha value is -1.70. The van der Waals surface area contributed by atoms with Crippen molar-refractivity contribution in [2.75, 3.05) is 7.11 Å². The smallest absolute Gasteiger partial charge is 0.408 e. The number of hydrogen-bond acceptors (Lipinski definition) is 4. The molecule has 96 valence electrons. The van der Waals surface area contributed by atoms with Gasteiger partial charge < -0.3 is 14.8 Å². The van der Waals surface area contributed by atoms with Gasteiger partial charge in [0, 0.05) is 6.42 Å². The first-order chi connectivity index (χ1) is 7.78. The predicted octanol–water partition coefficient (Wildman–Crippen LogP) is 1.47. The molecule has 17 heavy (non-hydrogen) atoms. The summed E-state index contributed by atoms with van der Waals surface area (Å²) in [6, 6.07) is -0.538. The van der Waals surface area contributed by atoms with Crippen LogP contribution in [0.5, 0.6) is 0 Å². The Morgan fingerprint density at radius 1 is 1.41 bits per heavy atom. The first-order valence-corrected chi connectivity index (χ1v) is 5.31. The number of methoxy groups -OCH3 is 1. The molecule has 0 bridgehead atoms. The predicted molar refractivity (Wildman–Crippen MR) is 63.2 cm³/mol. The number of carbonyl (C=O) groups excluding carboxylic acids is 2. The lowest BCUT2D eigenvalue weighted by molar-refractivity contribution is -0.140. The van der Waals surface area contributed by atoms with E-state index < -0.39 is 17.7 Å². The molecule has 0 aliphatic heterocycles. The second kappa shape index (κ2) is 6.79. The average molecular weight is 241 g/mol. The molecule has 0 fully saturated rings. The fourth-order valence-electron chi connectivity index (χ4n) is 1.01. The van der Waals surface area contributed by atoms with Gasteiger partial charge in [-0.1, -0.05) is 5.92 Å². The van der Waals surface area contributed by atoms with Gasteiger partial charge in [0.1, 0.15) is 5.60 Å². The zero-order valence-electron chi connectivity index (χ0n) is 10.7. The van der Waals surface area contributed by atoms with Crippen LogP contribution in [0.4, 0.5) is 4.79 Å². The van der Waals surface area contributed by atoms with Crippen molar-refractivity contribution < 1.29 is 19.1 Å². The molecular formula is C12H19NO4. The van der Waals surface area contributed by atoms with Crippen LogP contribution in [0.15, 0.2) is 0 Å². The van der Waals surface area contributed by atoms with Crippen molar-refractivity contribution in [2.24, 2.45) is 0 Å². The number of terminal acetylenes is 1. The van der Waals surface area contributed by atoms with E-state index in [9.17, 15) is 9.59 Å². The summed E-state index contributed by atoms with van der Waals surface area (Å²) in [6.45, 7) is 5.27. The average Bonchev–Trinajstić information content (AvgIpc) is 2.20. The minimum absolute atomic E-state index is 0.154. The SMILES string of the molecule is C#C[C@H](CCC(=O)OC)NC(=O)OC(C)(C)C. The van der Waals surface area contributed by atoms with Crippen LogP contribution in [0, 0.1) is 12.3 Å². The number of alkyl carbamates (subject to hydrolysis) is 1. The van der Waals surface area contributed by atoms with Gasteiger partial charge in [0.25, 0.3) is 0 Å². The van der Waals surface area contributed by atoms with Crippen molar-refractivity contribution >= 4 is 12.1 Å². The highest BCUT2D eigenvalue weighted by Crippen LogP contribution is 2.07. The molecule has 0 aromatic carbocycles. The van der Waals surface area contributed by atoms with Gasteiger partial charge in [0.15, 0.2) is 0 Å². The van der Waals surface area contributed by atoms with Crippen LogP contribution in [0.3, 0.4) is 0 Å². The zero-order chi connectivity index (χ0) is 13.5. The van der Waals surface area contributed by atoms with E-state index in [4.69, 9.17) is 11.2 Å². The van der Waals surface area contributed by atoms with E-state index in [2.05, 4.69) is 16.0 Å². The van der Waals surface area contributed by atoms with Gasteiger partial charge in [-0.25, -0.2) is 4.79 Å². The summed E-state index contributed by atoms with van der Waals surface area (Å²) in [4.78, 5) is 22.3. The second-order valence-corrected chi connectivity index (χ2v) is 4.48. The second-order valence-electron chi connectivity index (χ2n) is 4.48. The van der Waals surface area contributed by atoms with Crippen molar-refractivity contribution in [2.45, 2.75) is 45.3 Å². The number of hydrogen-bond donors (Lipinski definition) is 1. The van der Waals surface area contributed by atoms with Crippen LogP contribution in [-0.2, 0) is 14.3 Å². The summed E-state index contributed by atoms with van der Waals surface area (Å²) in [5.74, 6) is 2.01. The number of esters is 1. The van der Waals surface area contributed by atoms with E-state index in [0.29, 0.717) is 6.42 Å². The van der Waals surface area contributed by atoms with Gasteiger partial charge >= 0.3 is 12.1 Å². The standard InChI is InChI=1S/C12H19NO4/c1-6-9(7-8-10(14)16-5)13-11(15)17-12(2,3)4/h1,9H,7-8H2,2-5H3,(H,13,15)/t9-/m1/s1. The monoisotopic (exact) mass is 241 g/mol. The van der Waals surface area contributed by atoms with Crippen molar-refractivity contribution in [1.82, 2.24) is 5.32 Å². The molecule has 0 rings (SSSR count). The number of amides is 1. The van der Waals surface area contributed by atoms with Crippen molar-refractivity contribution in [1.29, 1.82) is 0 Å². The Morgan fingerprint density at radius 2 is 2.00 bits per heavy atom. The van der Waals surface area contributed by atoms with Gasteiger partial charge in [0.05, 0.1) is 13.2 Å². The Labute approximate surface area is 102 Å². The van der Waals surface area contributed by atoms with Crippen molar-refractivity contribution in [3.8, 4) is 12.3 Å². The fraction of sp³-hybridized carbons (Fsp3) is 0.667. The minimum Gasteiger partial charge on any atom is -0.469 e. The Morgan fingerprint density at radius 3 is 2.41 bits per heavy atom. The lowest BCUT2D eigenvalue weighted by atomic mass is 10.1. The maximum absolute atomic E-state index is 11.4. The molecule has 1 atom stereocenters. The lowest BCUT2D eigenvalue weighted by Crippen LogP contribution is -2.38. The number of rotatable bonds is 4. The van der Waals surface area contributed by atoms with Gasteiger partial charge in [-0.2, -0.15) is 0 Å². The van der Waals surface area contributed by atoms with E-state index in [1.165, 1.54) is 7.11 Å². The summed E-state index contributed by atoms with van der Waals surface area (Å²) >= 11 is 0. The van der Waals surface area contributed by atoms with Crippen LogP contribution < -0.4 is 5.32 Å². The molecule has 0 aliphatic carbocycles. The summed E-state index contributed by atoms with van der Waals surface area (Å²) in [7, 11) is 1.30. The van der Waals surface area contributed by atoms with E-state index in [-0.39, 0.29) is 12.4 Å². The fourth-order valence-corrected chi connectivity index (χ4v) is 1.01. The zero-order valence-corrected chi connectivity index (χ0v) is 10.7. The minimum atomic E-state index is -0.592. The Balaban J connectivity index is 4.10. The molecule has 0 aromatic rings. The van der Waals surface area contributed by atoms with Crippen LogP contribution in [-0.4, -0.2) is 30.8 Å². The normalized spacial score (nSPS) is 12.2. The van der Waals surface area contributed by atoms with Gasteiger partial charge in [-0.05, 0) is 27.2 Å². The van der Waals surface area contributed by atoms with Crippen molar-refractivity contribution in [3.05, 3.63) is 0 Å². The number of nitrogens with one attached hydrogen (secondary N) is 1. The van der Waals surface area contributed by atoms with Crippen LogP contribution in [0.1, 0.15) is 33.6 Å². The summed E-state index contributed by atoms with van der Waals surface area (Å²) in [6.07, 6.45) is 5.12. The van der Waals surface area contributed by atoms with Gasteiger partial charge in [-0.3, -0.25) is 4.79 Å². The van der Waals surface area contributed by atoms with E-state index in [1.54, 1.807) is 20.8 Å².